The normalized spacial score (nSPS) is 15.5. The van der Waals surface area contributed by atoms with Gasteiger partial charge in [0.05, 0.1) is 7.11 Å². The van der Waals surface area contributed by atoms with E-state index in [0.717, 1.165) is 16.7 Å². The molecule has 0 aromatic heterocycles. The molecule has 4 heteroatoms. The Morgan fingerprint density at radius 1 is 1.09 bits per heavy atom. The van der Waals surface area contributed by atoms with Crippen LogP contribution in [-0.4, -0.2) is 17.8 Å². The molecule has 3 rings (SSSR count). The number of halogens is 1. The Bertz CT molecular complexity index is 746. The molecule has 0 radical (unpaired) electrons. The summed E-state index contributed by atoms with van der Waals surface area (Å²) < 4.78 is 24.2. The van der Waals surface area contributed by atoms with Gasteiger partial charge < -0.3 is 14.6 Å². The molecule has 2 aromatic rings. The van der Waals surface area contributed by atoms with Crippen LogP contribution in [0.5, 0.6) is 17.2 Å². The van der Waals surface area contributed by atoms with Gasteiger partial charge in [-0.3, -0.25) is 0 Å². The van der Waals surface area contributed by atoms with E-state index in [2.05, 4.69) is 0 Å². The van der Waals surface area contributed by atoms with E-state index in [1.807, 2.05) is 26.0 Å². The number of methoxy groups -OCH3 is 1. The molecule has 3 nitrogen and oxygen atoms in total. The lowest BCUT2D eigenvalue weighted by molar-refractivity contribution is 0.150. The smallest absolute Gasteiger partial charge is 0.201 e. The molecule has 1 aliphatic heterocycles. The van der Waals surface area contributed by atoms with Gasteiger partial charge in [-0.05, 0) is 55.3 Å². The lowest BCUT2D eigenvalue weighted by atomic mass is 9.89. The highest BCUT2D eigenvalue weighted by Gasteiger charge is 2.30. The molecule has 0 fully saturated rings. The van der Waals surface area contributed by atoms with Crippen molar-refractivity contribution in [2.24, 2.45) is 0 Å². The number of ether oxygens (including phenoxy) is 2. The summed E-state index contributed by atoms with van der Waals surface area (Å²) in [7, 11) is 1.49. The first-order valence-corrected chi connectivity index (χ1v) is 6.99. The van der Waals surface area contributed by atoms with Gasteiger partial charge in [0.25, 0.3) is 0 Å². The largest absolute Gasteiger partial charge is 0.502 e. The third-order valence-corrected chi connectivity index (χ3v) is 3.62. The summed E-state index contributed by atoms with van der Waals surface area (Å²) in [5.41, 5.74) is 1.91. The highest BCUT2D eigenvalue weighted by Crippen LogP contribution is 2.47. The summed E-state index contributed by atoms with van der Waals surface area (Å²) in [4.78, 5) is 0. The Labute approximate surface area is 128 Å². The molecule has 0 spiro atoms. The van der Waals surface area contributed by atoms with Crippen molar-refractivity contribution in [1.82, 2.24) is 0 Å². The first-order chi connectivity index (χ1) is 10.4. The molecular formula is C18H17FO3. The molecule has 0 aliphatic carbocycles. The van der Waals surface area contributed by atoms with Crippen LogP contribution in [0.4, 0.5) is 4.39 Å². The number of phenolic OH excluding ortho intramolecular Hbond substituents is 1. The average molecular weight is 300 g/mol. The van der Waals surface area contributed by atoms with Crippen LogP contribution in [-0.2, 0) is 0 Å². The fourth-order valence-corrected chi connectivity index (χ4v) is 2.62. The standard InChI is InChI=1S/C18H17FO3/c1-18(2)10-14(11-4-6-12(19)7-5-11)13-8-9-15(21-3)16(20)17(13)22-18/h4-10,20H,1-3H3. The molecule has 114 valence electrons. The Balaban J connectivity index is 2.21. The quantitative estimate of drug-likeness (QED) is 0.905. The van der Waals surface area contributed by atoms with E-state index in [1.165, 1.54) is 19.2 Å². The number of fused-ring (bicyclic) bond motifs is 1. The number of phenols is 1. The first kappa shape index (κ1) is 14.4. The third kappa shape index (κ3) is 2.41. The second-order valence-electron chi connectivity index (χ2n) is 5.76. The SMILES string of the molecule is COc1ccc2c(c1O)OC(C)(C)C=C2c1ccc(F)cc1. The molecule has 22 heavy (non-hydrogen) atoms. The average Bonchev–Trinajstić information content (AvgIpc) is 2.48. The molecule has 1 N–H and O–H groups in total. The lowest BCUT2D eigenvalue weighted by Crippen LogP contribution is -2.29. The number of hydrogen-bond acceptors (Lipinski definition) is 3. The van der Waals surface area contributed by atoms with Gasteiger partial charge in [0, 0.05) is 5.56 Å². The zero-order valence-electron chi connectivity index (χ0n) is 12.7. The van der Waals surface area contributed by atoms with Crippen molar-refractivity contribution in [2.45, 2.75) is 19.4 Å². The van der Waals surface area contributed by atoms with Crippen molar-refractivity contribution in [2.75, 3.05) is 7.11 Å². The van der Waals surface area contributed by atoms with Crippen LogP contribution in [0.1, 0.15) is 25.0 Å². The minimum atomic E-state index is -0.597. The second-order valence-corrected chi connectivity index (χ2v) is 5.76. The van der Waals surface area contributed by atoms with Gasteiger partial charge in [-0.25, -0.2) is 4.39 Å². The molecular weight excluding hydrogens is 283 g/mol. The predicted octanol–water partition coefficient (Wildman–Crippen LogP) is 4.14. The Hall–Kier alpha value is -2.49. The minimum Gasteiger partial charge on any atom is -0.502 e. The van der Waals surface area contributed by atoms with Crippen molar-refractivity contribution in [3.63, 3.8) is 0 Å². The van der Waals surface area contributed by atoms with Gasteiger partial charge in [0.2, 0.25) is 5.75 Å². The number of rotatable bonds is 2. The van der Waals surface area contributed by atoms with Crippen molar-refractivity contribution in [3.8, 4) is 17.2 Å². The molecule has 0 bridgehead atoms. The lowest BCUT2D eigenvalue weighted by Gasteiger charge is -2.32. The fourth-order valence-electron chi connectivity index (χ4n) is 2.62. The maximum atomic E-state index is 13.2. The monoisotopic (exact) mass is 300 g/mol. The van der Waals surface area contributed by atoms with Crippen LogP contribution in [0.2, 0.25) is 0 Å². The molecule has 1 aliphatic rings. The predicted molar refractivity (Wildman–Crippen MR) is 82.8 cm³/mol. The summed E-state index contributed by atoms with van der Waals surface area (Å²) in [6.07, 6.45) is 1.97. The summed E-state index contributed by atoms with van der Waals surface area (Å²) >= 11 is 0. The highest BCUT2D eigenvalue weighted by atomic mass is 19.1. The van der Waals surface area contributed by atoms with Crippen LogP contribution in [0.25, 0.3) is 5.57 Å². The highest BCUT2D eigenvalue weighted by molar-refractivity contribution is 5.86. The molecule has 0 saturated heterocycles. The Morgan fingerprint density at radius 2 is 1.77 bits per heavy atom. The minimum absolute atomic E-state index is 0.0270. The molecule has 1 heterocycles. The maximum Gasteiger partial charge on any atom is 0.201 e. The van der Waals surface area contributed by atoms with Crippen LogP contribution in [0, 0.1) is 5.82 Å². The Kier molecular flexibility index (Phi) is 3.32. The zero-order chi connectivity index (χ0) is 15.9. The van der Waals surface area contributed by atoms with Gasteiger partial charge in [-0.2, -0.15) is 0 Å². The number of aromatic hydroxyl groups is 1. The zero-order valence-corrected chi connectivity index (χ0v) is 12.7. The summed E-state index contributed by atoms with van der Waals surface area (Å²) in [6, 6.07) is 9.79. The van der Waals surface area contributed by atoms with E-state index in [4.69, 9.17) is 9.47 Å². The summed E-state index contributed by atoms with van der Waals surface area (Å²) in [6.45, 7) is 3.80. The van der Waals surface area contributed by atoms with E-state index < -0.39 is 5.60 Å². The van der Waals surface area contributed by atoms with Crippen LogP contribution >= 0.6 is 0 Å². The van der Waals surface area contributed by atoms with Crippen LogP contribution in [0.3, 0.4) is 0 Å². The summed E-state index contributed by atoms with van der Waals surface area (Å²) in [5.74, 6) is 0.426. The van der Waals surface area contributed by atoms with Crippen molar-refractivity contribution in [1.29, 1.82) is 0 Å². The van der Waals surface area contributed by atoms with E-state index in [-0.39, 0.29) is 11.6 Å². The molecule has 0 atom stereocenters. The van der Waals surface area contributed by atoms with Crippen molar-refractivity contribution in [3.05, 3.63) is 59.4 Å². The van der Waals surface area contributed by atoms with Gasteiger partial charge in [0.1, 0.15) is 11.4 Å². The first-order valence-electron chi connectivity index (χ1n) is 6.99. The van der Waals surface area contributed by atoms with Gasteiger partial charge >= 0.3 is 0 Å². The maximum absolute atomic E-state index is 13.2. The van der Waals surface area contributed by atoms with Crippen molar-refractivity contribution >= 4 is 5.57 Å². The fraction of sp³-hybridized carbons (Fsp3) is 0.222. The van der Waals surface area contributed by atoms with Gasteiger partial charge in [-0.15, -0.1) is 0 Å². The summed E-state index contributed by atoms with van der Waals surface area (Å²) in [5, 5.41) is 10.3. The topological polar surface area (TPSA) is 38.7 Å². The number of hydrogen-bond donors (Lipinski definition) is 1. The molecule has 0 saturated carbocycles. The Morgan fingerprint density at radius 3 is 2.41 bits per heavy atom. The van der Waals surface area contributed by atoms with E-state index >= 15 is 0 Å². The molecule has 2 aromatic carbocycles. The van der Waals surface area contributed by atoms with E-state index in [0.29, 0.717) is 11.5 Å². The molecule has 0 unspecified atom stereocenters. The van der Waals surface area contributed by atoms with Crippen LogP contribution < -0.4 is 9.47 Å². The third-order valence-electron chi connectivity index (χ3n) is 3.62. The van der Waals surface area contributed by atoms with Gasteiger partial charge in [0.15, 0.2) is 11.5 Å². The van der Waals surface area contributed by atoms with E-state index in [9.17, 15) is 9.50 Å². The van der Waals surface area contributed by atoms with Crippen molar-refractivity contribution < 1.29 is 19.0 Å². The number of benzene rings is 2. The second kappa shape index (κ2) is 5.05. The molecule has 0 amide bonds. The van der Waals surface area contributed by atoms with Gasteiger partial charge in [-0.1, -0.05) is 12.1 Å². The van der Waals surface area contributed by atoms with Crippen LogP contribution in [0.15, 0.2) is 42.5 Å². The van der Waals surface area contributed by atoms with E-state index in [1.54, 1.807) is 18.2 Å².